The lowest BCUT2D eigenvalue weighted by atomic mass is 9.91. The fourth-order valence-electron chi connectivity index (χ4n) is 2.33. The van der Waals surface area contributed by atoms with Gasteiger partial charge in [-0.3, -0.25) is 0 Å². The molecule has 1 fully saturated rings. The molecule has 0 aromatic heterocycles. The van der Waals surface area contributed by atoms with Gasteiger partial charge in [0.1, 0.15) is 5.75 Å². The van der Waals surface area contributed by atoms with Gasteiger partial charge in [-0.25, -0.2) is 0 Å². The van der Waals surface area contributed by atoms with Crippen molar-refractivity contribution in [3.63, 3.8) is 0 Å². The van der Waals surface area contributed by atoms with E-state index in [9.17, 15) is 0 Å². The minimum Gasteiger partial charge on any atom is -0.490 e. The van der Waals surface area contributed by atoms with Gasteiger partial charge in [-0.2, -0.15) is 0 Å². The molecule has 2 nitrogen and oxygen atoms in total. The normalized spacial score (nSPS) is 17.3. The zero-order valence-electron chi connectivity index (χ0n) is 11.3. The second-order valence-corrected chi connectivity index (χ2v) is 5.54. The van der Waals surface area contributed by atoms with Gasteiger partial charge in [0.05, 0.1) is 6.10 Å². The molecular weight excluding hydrogens is 210 g/mol. The first-order chi connectivity index (χ1) is 8.00. The first-order valence-electron chi connectivity index (χ1n) is 6.47. The SMILES string of the molecule is Cc1ccc(C2(CN)CC2)c(OC(C)C)c1C. The zero-order valence-corrected chi connectivity index (χ0v) is 11.3. The van der Waals surface area contributed by atoms with Crippen molar-refractivity contribution >= 4 is 0 Å². The van der Waals surface area contributed by atoms with Gasteiger partial charge in [0, 0.05) is 17.5 Å². The van der Waals surface area contributed by atoms with Gasteiger partial charge in [0.15, 0.2) is 0 Å². The Hall–Kier alpha value is -1.02. The lowest BCUT2D eigenvalue weighted by molar-refractivity contribution is 0.236. The van der Waals surface area contributed by atoms with E-state index in [1.54, 1.807) is 0 Å². The molecule has 94 valence electrons. The summed E-state index contributed by atoms with van der Waals surface area (Å²) in [6.45, 7) is 9.16. The van der Waals surface area contributed by atoms with Crippen LogP contribution in [0.25, 0.3) is 0 Å². The molecular formula is C15H23NO. The predicted octanol–water partition coefficient (Wildman–Crippen LogP) is 3.08. The fraction of sp³-hybridized carbons (Fsp3) is 0.600. The fourth-order valence-corrected chi connectivity index (χ4v) is 2.33. The van der Waals surface area contributed by atoms with Gasteiger partial charge in [-0.1, -0.05) is 12.1 Å². The van der Waals surface area contributed by atoms with Crippen LogP contribution in [0.5, 0.6) is 5.75 Å². The standard InChI is InChI=1S/C15H23NO/c1-10(2)17-14-12(4)11(3)5-6-13(14)15(9-16)7-8-15/h5-6,10H,7-9,16H2,1-4H3. The Morgan fingerprint density at radius 2 is 1.94 bits per heavy atom. The Balaban J connectivity index is 2.48. The summed E-state index contributed by atoms with van der Waals surface area (Å²) in [5.41, 5.74) is 10.00. The highest BCUT2D eigenvalue weighted by molar-refractivity contribution is 5.51. The summed E-state index contributed by atoms with van der Waals surface area (Å²) in [7, 11) is 0. The summed E-state index contributed by atoms with van der Waals surface area (Å²) in [6.07, 6.45) is 2.60. The number of hydrogen-bond donors (Lipinski definition) is 1. The molecule has 1 aliphatic carbocycles. The molecule has 0 saturated heterocycles. The second-order valence-electron chi connectivity index (χ2n) is 5.54. The van der Waals surface area contributed by atoms with E-state index in [4.69, 9.17) is 10.5 Å². The van der Waals surface area contributed by atoms with Gasteiger partial charge in [-0.05, 0) is 51.7 Å². The van der Waals surface area contributed by atoms with E-state index in [2.05, 4.69) is 39.8 Å². The maximum Gasteiger partial charge on any atom is 0.126 e. The highest BCUT2D eigenvalue weighted by Gasteiger charge is 2.45. The number of hydrogen-bond acceptors (Lipinski definition) is 2. The van der Waals surface area contributed by atoms with E-state index in [0.717, 1.165) is 12.3 Å². The molecule has 0 spiro atoms. The Morgan fingerprint density at radius 3 is 2.41 bits per heavy atom. The van der Waals surface area contributed by atoms with Crippen LogP contribution < -0.4 is 10.5 Å². The molecule has 0 aliphatic heterocycles. The molecule has 17 heavy (non-hydrogen) atoms. The third kappa shape index (κ3) is 2.19. The molecule has 0 radical (unpaired) electrons. The quantitative estimate of drug-likeness (QED) is 0.867. The molecule has 1 saturated carbocycles. The lowest BCUT2D eigenvalue weighted by Gasteiger charge is -2.23. The van der Waals surface area contributed by atoms with Crippen molar-refractivity contribution in [2.75, 3.05) is 6.54 Å². The summed E-state index contributed by atoms with van der Waals surface area (Å²) in [6, 6.07) is 4.40. The van der Waals surface area contributed by atoms with Gasteiger partial charge < -0.3 is 10.5 Å². The molecule has 0 atom stereocenters. The zero-order chi connectivity index (χ0) is 12.6. The first kappa shape index (κ1) is 12.4. The number of rotatable bonds is 4. The number of nitrogens with two attached hydrogens (primary N) is 1. The van der Waals surface area contributed by atoms with Crippen molar-refractivity contribution in [1.29, 1.82) is 0 Å². The maximum atomic E-state index is 6.03. The number of aryl methyl sites for hydroxylation is 1. The van der Waals surface area contributed by atoms with Crippen molar-refractivity contribution < 1.29 is 4.74 Å². The summed E-state index contributed by atoms with van der Waals surface area (Å²) in [5.74, 6) is 1.07. The molecule has 1 aromatic rings. The van der Waals surface area contributed by atoms with Crippen molar-refractivity contribution in [3.8, 4) is 5.75 Å². The molecule has 0 unspecified atom stereocenters. The van der Waals surface area contributed by atoms with Gasteiger partial charge in [0.25, 0.3) is 0 Å². The van der Waals surface area contributed by atoms with Crippen molar-refractivity contribution in [2.24, 2.45) is 5.73 Å². The van der Waals surface area contributed by atoms with Crippen LogP contribution in [0.3, 0.4) is 0 Å². The van der Waals surface area contributed by atoms with Crippen LogP contribution >= 0.6 is 0 Å². The predicted molar refractivity (Wildman–Crippen MR) is 71.6 cm³/mol. The molecule has 0 heterocycles. The highest BCUT2D eigenvalue weighted by atomic mass is 16.5. The third-order valence-electron chi connectivity index (χ3n) is 3.85. The number of benzene rings is 1. The van der Waals surface area contributed by atoms with E-state index in [1.165, 1.54) is 29.5 Å². The largest absolute Gasteiger partial charge is 0.490 e. The van der Waals surface area contributed by atoms with E-state index in [1.807, 2.05) is 0 Å². The van der Waals surface area contributed by atoms with Crippen LogP contribution in [-0.2, 0) is 5.41 Å². The highest BCUT2D eigenvalue weighted by Crippen LogP contribution is 2.51. The molecule has 0 bridgehead atoms. The molecule has 2 N–H and O–H groups in total. The second kappa shape index (κ2) is 4.34. The Bertz CT molecular complexity index is 419. The van der Waals surface area contributed by atoms with Crippen molar-refractivity contribution in [2.45, 2.75) is 52.1 Å². The average Bonchev–Trinajstić information content (AvgIpc) is 3.05. The van der Waals surface area contributed by atoms with E-state index >= 15 is 0 Å². The van der Waals surface area contributed by atoms with Crippen LogP contribution in [0.1, 0.15) is 43.4 Å². The van der Waals surface area contributed by atoms with Gasteiger partial charge in [-0.15, -0.1) is 0 Å². The molecule has 1 aromatic carbocycles. The first-order valence-corrected chi connectivity index (χ1v) is 6.47. The molecule has 2 heteroatoms. The van der Waals surface area contributed by atoms with E-state index in [0.29, 0.717) is 0 Å². The van der Waals surface area contributed by atoms with Crippen molar-refractivity contribution in [1.82, 2.24) is 0 Å². The minimum absolute atomic E-state index is 0.197. The molecule has 1 aliphatic rings. The van der Waals surface area contributed by atoms with Gasteiger partial charge in [0.2, 0.25) is 0 Å². The summed E-state index contributed by atoms with van der Waals surface area (Å²) in [5, 5.41) is 0. The topological polar surface area (TPSA) is 35.2 Å². The van der Waals surface area contributed by atoms with Crippen LogP contribution in [-0.4, -0.2) is 12.6 Å². The lowest BCUT2D eigenvalue weighted by Crippen LogP contribution is -2.22. The van der Waals surface area contributed by atoms with Gasteiger partial charge >= 0.3 is 0 Å². The molecule has 0 amide bonds. The van der Waals surface area contributed by atoms with Crippen LogP contribution in [0.4, 0.5) is 0 Å². The summed E-state index contributed by atoms with van der Waals surface area (Å²) >= 11 is 0. The van der Waals surface area contributed by atoms with Crippen LogP contribution in [0.2, 0.25) is 0 Å². The smallest absolute Gasteiger partial charge is 0.126 e. The summed E-state index contributed by atoms with van der Waals surface area (Å²) in [4.78, 5) is 0. The monoisotopic (exact) mass is 233 g/mol. The van der Waals surface area contributed by atoms with E-state index in [-0.39, 0.29) is 11.5 Å². The Kier molecular flexibility index (Phi) is 3.17. The number of ether oxygens (including phenoxy) is 1. The minimum atomic E-state index is 0.197. The summed E-state index contributed by atoms with van der Waals surface area (Å²) < 4.78 is 6.03. The maximum absolute atomic E-state index is 6.03. The average molecular weight is 233 g/mol. The molecule has 2 rings (SSSR count). The Labute approximate surface area is 104 Å². The Morgan fingerprint density at radius 1 is 1.29 bits per heavy atom. The van der Waals surface area contributed by atoms with Crippen molar-refractivity contribution in [3.05, 3.63) is 28.8 Å². The van der Waals surface area contributed by atoms with Crippen LogP contribution in [0, 0.1) is 13.8 Å². The van der Waals surface area contributed by atoms with Crippen LogP contribution in [0.15, 0.2) is 12.1 Å². The van der Waals surface area contributed by atoms with E-state index < -0.39 is 0 Å². The third-order valence-corrected chi connectivity index (χ3v) is 3.85.